The number of aryl methyl sites for hydroxylation is 1. The predicted octanol–water partition coefficient (Wildman–Crippen LogP) is 0.953. The van der Waals surface area contributed by atoms with E-state index >= 15 is 0 Å². The van der Waals surface area contributed by atoms with Crippen LogP contribution < -0.4 is 0 Å². The average Bonchev–Trinajstić information content (AvgIpc) is 2.64. The molecule has 132 valence electrons. The second kappa shape index (κ2) is 10.1. The van der Waals surface area contributed by atoms with Gasteiger partial charge >= 0.3 is 0 Å². The summed E-state index contributed by atoms with van der Waals surface area (Å²) in [6.45, 7) is 3.31. The van der Waals surface area contributed by atoms with Crippen molar-refractivity contribution in [2.24, 2.45) is 0 Å². The van der Waals surface area contributed by atoms with Gasteiger partial charge in [0.25, 0.3) is 0 Å². The van der Waals surface area contributed by atoms with E-state index in [1.165, 1.54) is 5.56 Å². The highest BCUT2D eigenvalue weighted by Gasteiger charge is 2.23. The molecule has 0 saturated carbocycles. The minimum atomic E-state index is -0.0255. The number of hydrogen-bond acceptors (Lipinski definition) is 4. The largest absolute Gasteiger partial charge is 0.382 e. The molecule has 0 unspecified atom stereocenters. The van der Waals surface area contributed by atoms with E-state index in [2.05, 4.69) is 0 Å². The van der Waals surface area contributed by atoms with E-state index in [0.717, 1.165) is 6.42 Å². The molecule has 1 heterocycles. The van der Waals surface area contributed by atoms with E-state index in [1.807, 2.05) is 35.2 Å². The Kier molecular flexibility index (Phi) is 7.71. The third-order valence-electron chi connectivity index (χ3n) is 4.11. The predicted molar refractivity (Wildman–Crippen MR) is 90.6 cm³/mol. The monoisotopic (exact) mass is 334 g/mol. The molecular formula is C18H26N2O4. The number of carbonyl (C=O) groups is 2. The van der Waals surface area contributed by atoms with Crippen molar-refractivity contribution in [2.75, 3.05) is 53.1 Å². The summed E-state index contributed by atoms with van der Waals surface area (Å²) >= 11 is 0. The van der Waals surface area contributed by atoms with Gasteiger partial charge in [-0.2, -0.15) is 0 Å². The molecule has 6 heteroatoms. The highest BCUT2D eigenvalue weighted by molar-refractivity contribution is 5.79. The smallest absolute Gasteiger partial charge is 0.248 e. The molecule has 1 fully saturated rings. The van der Waals surface area contributed by atoms with Crippen LogP contribution in [-0.2, 0) is 25.5 Å². The SMILES string of the molecule is COCCOCC(=O)N1CCN(C(=O)CCc2ccccc2)CC1. The Morgan fingerprint density at radius 3 is 2.21 bits per heavy atom. The average molecular weight is 334 g/mol. The van der Waals surface area contributed by atoms with Crippen molar-refractivity contribution in [1.29, 1.82) is 0 Å². The number of rotatable bonds is 8. The summed E-state index contributed by atoms with van der Waals surface area (Å²) in [6.07, 6.45) is 1.27. The van der Waals surface area contributed by atoms with Gasteiger partial charge in [-0.3, -0.25) is 9.59 Å². The Labute approximate surface area is 143 Å². The lowest BCUT2D eigenvalue weighted by atomic mass is 10.1. The van der Waals surface area contributed by atoms with Crippen LogP contribution in [0.15, 0.2) is 30.3 Å². The maximum Gasteiger partial charge on any atom is 0.248 e. The molecule has 24 heavy (non-hydrogen) atoms. The standard InChI is InChI=1S/C18H26N2O4/c1-23-13-14-24-15-18(22)20-11-9-19(10-12-20)17(21)8-7-16-5-3-2-4-6-16/h2-6H,7-15H2,1H3. The second-order valence-electron chi connectivity index (χ2n) is 5.79. The van der Waals surface area contributed by atoms with Gasteiger partial charge in [-0.15, -0.1) is 0 Å². The Balaban J connectivity index is 1.66. The van der Waals surface area contributed by atoms with Crippen LogP contribution in [-0.4, -0.2) is 74.7 Å². The third kappa shape index (κ3) is 5.94. The molecule has 1 aliphatic heterocycles. The van der Waals surface area contributed by atoms with Crippen LogP contribution >= 0.6 is 0 Å². The molecule has 0 N–H and O–H groups in total. The number of piperazine rings is 1. The zero-order chi connectivity index (χ0) is 17.2. The first-order valence-corrected chi connectivity index (χ1v) is 8.37. The zero-order valence-corrected chi connectivity index (χ0v) is 14.3. The summed E-state index contributed by atoms with van der Waals surface area (Å²) < 4.78 is 10.1. The fourth-order valence-corrected chi connectivity index (χ4v) is 2.65. The van der Waals surface area contributed by atoms with Crippen molar-refractivity contribution in [3.05, 3.63) is 35.9 Å². The van der Waals surface area contributed by atoms with E-state index in [0.29, 0.717) is 45.8 Å². The van der Waals surface area contributed by atoms with Gasteiger partial charge in [0.1, 0.15) is 6.61 Å². The van der Waals surface area contributed by atoms with E-state index in [4.69, 9.17) is 9.47 Å². The number of benzene rings is 1. The molecule has 0 aliphatic carbocycles. The molecule has 0 bridgehead atoms. The minimum Gasteiger partial charge on any atom is -0.382 e. The highest BCUT2D eigenvalue weighted by atomic mass is 16.5. The van der Waals surface area contributed by atoms with Crippen LogP contribution in [0.5, 0.6) is 0 Å². The van der Waals surface area contributed by atoms with Crippen molar-refractivity contribution >= 4 is 11.8 Å². The van der Waals surface area contributed by atoms with Crippen molar-refractivity contribution in [3.63, 3.8) is 0 Å². The minimum absolute atomic E-state index is 0.0255. The Bertz CT molecular complexity index is 513. The second-order valence-corrected chi connectivity index (χ2v) is 5.79. The van der Waals surface area contributed by atoms with Crippen LogP contribution in [0.3, 0.4) is 0 Å². The molecular weight excluding hydrogens is 308 g/mol. The molecule has 0 aromatic heterocycles. The maximum atomic E-state index is 12.3. The third-order valence-corrected chi connectivity index (χ3v) is 4.11. The molecule has 0 radical (unpaired) electrons. The quantitative estimate of drug-likeness (QED) is 0.664. The number of amides is 2. The van der Waals surface area contributed by atoms with Crippen molar-refractivity contribution in [3.8, 4) is 0 Å². The lowest BCUT2D eigenvalue weighted by Crippen LogP contribution is -2.51. The first-order valence-electron chi connectivity index (χ1n) is 8.37. The lowest BCUT2D eigenvalue weighted by Gasteiger charge is -2.34. The number of ether oxygens (including phenoxy) is 2. The van der Waals surface area contributed by atoms with Crippen LogP contribution in [0.4, 0.5) is 0 Å². The van der Waals surface area contributed by atoms with Gasteiger partial charge in [0.15, 0.2) is 0 Å². The lowest BCUT2D eigenvalue weighted by molar-refractivity contribution is -0.142. The Hall–Kier alpha value is -1.92. The van der Waals surface area contributed by atoms with Gasteiger partial charge in [-0.25, -0.2) is 0 Å². The number of nitrogens with zero attached hydrogens (tertiary/aromatic N) is 2. The van der Waals surface area contributed by atoms with E-state index in [-0.39, 0.29) is 18.4 Å². The van der Waals surface area contributed by atoms with E-state index in [1.54, 1.807) is 12.0 Å². The van der Waals surface area contributed by atoms with Crippen molar-refractivity contribution < 1.29 is 19.1 Å². The molecule has 1 aromatic rings. The van der Waals surface area contributed by atoms with Crippen LogP contribution in [0.2, 0.25) is 0 Å². The zero-order valence-electron chi connectivity index (χ0n) is 14.3. The molecule has 2 amide bonds. The van der Waals surface area contributed by atoms with E-state index in [9.17, 15) is 9.59 Å². The van der Waals surface area contributed by atoms with Gasteiger partial charge in [-0.05, 0) is 12.0 Å². The maximum absolute atomic E-state index is 12.3. The summed E-state index contributed by atoms with van der Waals surface area (Å²) in [7, 11) is 1.60. The normalized spacial score (nSPS) is 14.7. The molecule has 2 rings (SSSR count). The van der Waals surface area contributed by atoms with Gasteiger partial charge in [0, 0.05) is 39.7 Å². The summed E-state index contributed by atoms with van der Waals surface area (Å²) in [5.74, 6) is 0.129. The number of methoxy groups -OCH3 is 1. The van der Waals surface area contributed by atoms with Gasteiger partial charge < -0.3 is 19.3 Å². The first kappa shape index (κ1) is 18.4. The molecule has 6 nitrogen and oxygen atoms in total. The topological polar surface area (TPSA) is 59.1 Å². The summed E-state index contributed by atoms with van der Waals surface area (Å²) in [5.41, 5.74) is 1.17. The molecule has 1 aromatic carbocycles. The number of hydrogen-bond donors (Lipinski definition) is 0. The molecule has 1 saturated heterocycles. The molecule has 0 spiro atoms. The van der Waals surface area contributed by atoms with Crippen LogP contribution in [0.1, 0.15) is 12.0 Å². The highest BCUT2D eigenvalue weighted by Crippen LogP contribution is 2.08. The van der Waals surface area contributed by atoms with E-state index < -0.39 is 0 Å². The Morgan fingerprint density at radius 2 is 1.58 bits per heavy atom. The summed E-state index contributed by atoms with van der Waals surface area (Å²) in [6, 6.07) is 10.0. The van der Waals surface area contributed by atoms with Crippen LogP contribution in [0, 0.1) is 0 Å². The van der Waals surface area contributed by atoms with Gasteiger partial charge in [0.05, 0.1) is 13.2 Å². The Morgan fingerprint density at radius 1 is 0.958 bits per heavy atom. The number of carbonyl (C=O) groups excluding carboxylic acids is 2. The van der Waals surface area contributed by atoms with Crippen LogP contribution in [0.25, 0.3) is 0 Å². The van der Waals surface area contributed by atoms with Crippen molar-refractivity contribution in [2.45, 2.75) is 12.8 Å². The van der Waals surface area contributed by atoms with Crippen molar-refractivity contribution in [1.82, 2.24) is 9.80 Å². The van der Waals surface area contributed by atoms with Gasteiger partial charge in [0.2, 0.25) is 11.8 Å². The molecule has 1 aliphatic rings. The summed E-state index contributed by atoms with van der Waals surface area (Å²) in [4.78, 5) is 27.9. The molecule has 0 atom stereocenters. The summed E-state index contributed by atoms with van der Waals surface area (Å²) in [5, 5.41) is 0. The fraction of sp³-hybridized carbons (Fsp3) is 0.556. The fourth-order valence-electron chi connectivity index (χ4n) is 2.65. The van der Waals surface area contributed by atoms with Gasteiger partial charge in [-0.1, -0.05) is 30.3 Å². The first-order chi connectivity index (χ1) is 11.7.